The van der Waals surface area contributed by atoms with Crippen molar-refractivity contribution in [3.63, 3.8) is 0 Å². The maximum Gasteiger partial charge on any atom is -0.0105 e. The summed E-state index contributed by atoms with van der Waals surface area (Å²) in [5, 5.41) is 21.9. The number of rotatable bonds is 0. The summed E-state index contributed by atoms with van der Waals surface area (Å²) in [5.74, 6) is 0. The van der Waals surface area contributed by atoms with Crippen LogP contribution in [0.1, 0.15) is 0 Å². The van der Waals surface area contributed by atoms with Crippen LogP contribution in [0.25, 0.3) is 97.0 Å². The Morgan fingerprint density at radius 3 is 0.352 bits per heavy atom. The first-order valence-electron chi connectivity index (χ1n) is 18.7. The molecule has 12 bridgehead atoms. The van der Waals surface area contributed by atoms with Crippen LogP contribution in [0.3, 0.4) is 0 Å². The molecule has 0 atom stereocenters. The summed E-state index contributed by atoms with van der Waals surface area (Å²) in [6.45, 7) is 0. The number of hydrogen-bond acceptors (Lipinski definition) is 0. The first kappa shape index (κ1) is 31.7. The van der Waals surface area contributed by atoms with Crippen LogP contribution in [-0.4, -0.2) is 0 Å². The van der Waals surface area contributed by atoms with Gasteiger partial charge in [-0.15, -0.1) is 0 Å². The normalized spacial score (nSPS) is 11.3. The van der Waals surface area contributed by atoms with E-state index in [9.17, 15) is 0 Å². The van der Waals surface area contributed by atoms with E-state index in [4.69, 9.17) is 0 Å². The van der Waals surface area contributed by atoms with Crippen molar-refractivity contribution in [2.75, 3.05) is 0 Å². The molecule has 0 amide bonds. The molecule has 0 spiro atoms. The Bertz CT molecular complexity index is 2630. The van der Waals surface area contributed by atoms with Crippen molar-refractivity contribution in [1.29, 1.82) is 0 Å². The lowest BCUT2D eigenvalue weighted by Crippen LogP contribution is -1.77. The average Bonchev–Trinajstić information content (AvgIpc) is 3.27. The van der Waals surface area contributed by atoms with Crippen LogP contribution in [0.15, 0.2) is 218 Å². The van der Waals surface area contributed by atoms with Gasteiger partial charge >= 0.3 is 0 Å². The fraction of sp³-hybridized carbons (Fsp3) is 0. The van der Waals surface area contributed by atoms with Gasteiger partial charge in [-0.1, -0.05) is 218 Å². The molecule has 0 aliphatic rings. The molecule has 0 aromatic heterocycles. The second-order valence-corrected chi connectivity index (χ2v) is 14.1. The molecule has 0 fully saturated rings. The minimum Gasteiger partial charge on any atom is -0.0616 e. The standard InChI is InChI=1S/C54H36/c1-2-8-50-44-27-15-38(16-28-44)40-19-31-46(32-20-40)52-10-5-6-12-54(52)48-35-23-42(24-36-48)41-21-33-47(34-22-41)53-11-4-3-9-51(53)45-29-17-39(18-30-45)37-13-25-43(26-14-37)49(50)7-1/h1-36H. The fourth-order valence-electron chi connectivity index (χ4n) is 8.01. The Morgan fingerprint density at radius 2 is 0.222 bits per heavy atom. The molecule has 0 saturated heterocycles. The summed E-state index contributed by atoms with van der Waals surface area (Å²) in [5.41, 5.74) is 0. The van der Waals surface area contributed by atoms with E-state index in [0.717, 1.165) is 0 Å². The van der Waals surface area contributed by atoms with Crippen molar-refractivity contribution in [2.24, 2.45) is 0 Å². The summed E-state index contributed by atoms with van der Waals surface area (Å²) in [6, 6.07) is 80.1. The fourth-order valence-corrected chi connectivity index (χ4v) is 8.01. The predicted molar refractivity (Wildman–Crippen MR) is 237 cm³/mol. The largest absolute Gasteiger partial charge is 0.0616 e. The number of benzene rings is 9. The Balaban J connectivity index is 1.24. The summed E-state index contributed by atoms with van der Waals surface area (Å²) >= 11 is 0. The Morgan fingerprint density at radius 1 is 0.111 bits per heavy atom. The van der Waals surface area contributed by atoms with Crippen molar-refractivity contribution in [2.45, 2.75) is 0 Å². The first-order chi connectivity index (χ1) is 26.7. The van der Waals surface area contributed by atoms with Crippen molar-refractivity contribution < 1.29 is 0 Å². The van der Waals surface area contributed by atoms with Gasteiger partial charge in [-0.05, 0) is 97.0 Å². The summed E-state index contributed by atoms with van der Waals surface area (Å²) in [6.07, 6.45) is 0. The highest BCUT2D eigenvalue weighted by molar-refractivity contribution is 6.09. The van der Waals surface area contributed by atoms with Crippen molar-refractivity contribution >= 4 is 97.0 Å². The van der Waals surface area contributed by atoms with Gasteiger partial charge in [-0.3, -0.25) is 0 Å². The molecule has 0 unspecified atom stereocenters. The smallest absolute Gasteiger partial charge is 0.0105 e. The summed E-state index contributed by atoms with van der Waals surface area (Å²) < 4.78 is 0. The van der Waals surface area contributed by atoms with Crippen molar-refractivity contribution in [1.82, 2.24) is 0 Å². The molecule has 0 heteroatoms. The van der Waals surface area contributed by atoms with E-state index in [1.165, 1.54) is 97.0 Å². The third-order valence-electron chi connectivity index (χ3n) is 11.0. The van der Waals surface area contributed by atoms with Crippen LogP contribution in [0, 0.1) is 0 Å². The molecular formula is C54H36. The SMILES string of the molecule is c1ccc2c3ccc(cc3)c3ccc(cc3)c3ccccc3c3ccc(cc3)c3ccc(cc3)c3ccccc3c3ccc(cc3)c3ccc(cc3)c2c1. The highest BCUT2D eigenvalue weighted by Gasteiger charge is 2.02. The van der Waals surface area contributed by atoms with Gasteiger partial charge in [0.2, 0.25) is 0 Å². The van der Waals surface area contributed by atoms with Crippen LogP contribution < -0.4 is 0 Å². The zero-order valence-corrected chi connectivity index (χ0v) is 29.8. The summed E-state index contributed by atoms with van der Waals surface area (Å²) in [4.78, 5) is 0. The third-order valence-corrected chi connectivity index (χ3v) is 11.0. The van der Waals surface area contributed by atoms with Gasteiger partial charge < -0.3 is 0 Å². The van der Waals surface area contributed by atoms with E-state index in [1.54, 1.807) is 0 Å². The Labute approximate surface area is 314 Å². The van der Waals surface area contributed by atoms with E-state index in [1.807, 2.05) is 0 Å². The van der Waals surface area contributed by atoms with E-state index in [2.05, 4.69) is 218 Å². The minimum atomic E-state index is 1.21. The average molecular weight is 685 g/mol. The van der Waals surface area contributed by atoms with E-state index in [-0.39, 0.29) is 0 Å². The van der Waals surface area contributed by atoms with Gasteiger partial charge in [0.15, 0.2) is 0 Å². The van der Waals surface area contributed by atoms with E-state index < -0.39 is 0 Å². The van der Waals surface area contributed by atoms with Gasteiger partial charge in [0, 0.05) is 0 Å². The lowest BCUT2D eigenvalue weighted by Gasteiger charge is -2.03. The Hall–Kier alpha value is -7.02. The third kappa shape index (κ3) is 5.85. The zero-order valence-electron chi connectivity index (χ0n) is 29.8. The second kappa shape index (κ2) is 13.5. The number of hydrogen-bond donors (Lipinski definition) is 0. The second-order valence-electron chi connectivity index (χ2n) is 14.1. The molecule has 54 heavy (non-hydrogen) atoms. The molecule has 0 radical (unpaired) electrons. The van der Waals surface area contributed by atoms with Crippen LogP contribution in [-0.2, 0) is 0 Å². The molecule has 19 aromatic carbocycles. The van der Waals surface area contributed by atoms with Gasteiger partial charge in [-0.2, -0.15) is 0 Å². The molecule has 0 heterocycles. The molecule has 0 nitrogen and oxygen atoms in total. The van der Waals surface area contributed by atoms with Crippen LogP contribution >= 0.6 is 0 Å². The molecule has 19 rings (SSSR count). The molecule has 0 aliphatic carbocycles. The lowest BCUT2D eigenvalue weighted by atomic mass is 10.0. The molecule has 252 valence electrons. The van der Waals surface area contributed by atoms with Gasteiger partial charge in [0.1, 0.15) is 0 Å². The molecule has 0 N–H and O–H groups in total. The van der Waals surface area contributed by atoms with Crippen LogP contribution in [0.5, 0.6) is 0 Å². The van der Waals surface area contributed by atoms with Gasteiger partial charge in [0.25, 0.3) is 0 Å². The highest BCUT2D eigenvalue weighted by atomic mass is 14.1. The molecule has 0 aliphatic heterocycles. The Kier molecular flexibility index (Phi) is 7.93. The molecule has 0 saturated carbocycles. The van der Waals surface area contributed by atoms with E-state index in [0.29, 0.717) is 0 Å². The first-order valence-corrected chi connectivity index (χ1v) is 18.7. The highest BCUT2D eigenvalue weighted by Crippen LogP contribution is 2.29. The van der Waals surface area contributed by atoms with Crippen LogP contribution in [0.4, 0.5) is 0 Å². The van der Waals surface area contributed by atoms with Gasteiger partial charge in [0.05, 0.1) is 0 Å². The van der Waals surface area contributed by atoms with Crippen molar-refractivity contribution in [3.05, 3.63) is 218 Å². The van der Waals surface area contributed by atoms with E-state index >= 15 is 0 Å². The monoisotopic (exact) mass is 684 g/mol. The predicted octanol–water partition coefficient (Wildman–Crippen LogP) is 15.4. The maximum absolute atomic E-state index is 2.25. The topological polar surface area (TPSA) is 0 Å². The van der Waals surface area contributed by atoms with Crippen molar-refractivity contribution in [3.8, 4) is 0 Å². The van der Waals surface area contributed by atoms with Gasteiger partial charge in [-0.25, -0.2) is 0 Å². The maximum atomic E-state index is 2.25. The zero-order chi connectivity index (χ0) is 35.8. The summed E-state index contributed by atoms with van der Waals surface area (Å²) in [7, 11) is 0. The lowest BCUT2D eigenvalue weighted by molar-refractivity contribution is 1.77. The molecular weight excluding hydrogens is 649 g/mol. The quantitative estimate of drug-likeness (QED) is 0.149. The molecule has 19 aromatic rings. The minimum absolute atomic E-state index is 1.21. The van der Waals surface area contributed by atoms with Crippen LogP contribution in [0.2, 0.25) is 0 Å².